The Balaban J connectivity index is 2.06. The summed E-state index contributed by atoms with van der Waals surface area (Å²) in [5.41, 5.74) is 4.60. The highest BCUT2D eigenvalue weighted by Crippen LogP contribution is 2.60. The topological polar surface area (TPSA) is 46.5 Å². The zero-order chi connectivity index (χ0) is 22.4. The highest BCUT2D eigenvalue weighted by atomic mass is 16.5. The lowest BCUT2D eigenvalue weighted by atomic mass is 9.50. The summed E-state index contributed by atoms with van der Waals surface area (Å²) < 4.78 is 5.43. The van der Waals surface area contributed by atoms with Gasteiger partial charge >= 0.3 is 5.97 Å². The molecule has 0 amide bonds. The molecule has 2 aromatic rings. The Labute approximate surface area is 181 Å². The third-order valence-corrected chi connectivity index (χ3v) is 6.84. The Morgan fingerprint density at radius 3 is 2.10 bits per heavy atom. The van der Waals surface area contributed by atoms with E-state index in [2.05, 4.69) is 53.7 Å². The Bertz CT molecular complexity index is 920. The van der Waals surface area contributed by atoms with E-state index in [0.29, 0.717) is 17.4 Å². The van der Waals surface area contributed by atoms with Crippen molar-refractivity contribution < 1.29 is 14.6 Å². The zero-order valence-corrected chi connectivity index (χ0v) is 19.7. The van der Waals surface area contributed by atoms with Gasteiger partial charge in [0, 0.05) is 5.41 Å². The molecule has 0 saturated carbocycles. The Morgan fingerprint density at radius 1 is 1.00 bits per heavy atom. The van der Waals surface area contributed by atoms with Crippen LogP contribution in [-0.2, 0) is 15.8 Å². The van der Waals surface area contributed by atoms with Crippen molar-refractivity contribution in [2.45, 2.75) is 90.8 Å². The summed E-state index contributed by atoms with van der Waals surface area (Å²) in [5, 5.41) is 12.0. The van der Waals surface area contributed by atoms with E-state index in [-0.39, 0.29) is 12.1 Å². The van der Waals surface area contributed by atoms with Gasteiger partial charge in [-0.05, 0) is 65.1 Å². The van der Waals surface area contributed by atoms with Gasteiger partial charge in [0.25, 0.3) is 0 Å². The lowest BCUT2D eigenvalue weighted by Crippen LogP contribution is -2.56. The van der Waals surface area contributed by atoms with Crippen molar-refractivity contribution in [2.75, 3.05) is 0 Å². The summed E-state index contributed by atoms with van der Waals surface area (Å²) >= 11 is 0. The molecule has 0 spiro atoms. The van der Waals surface area contributed by atoms with Crippen molar-refractivity contribution >= 4 is 5.97 Å². The number of benzene rings is 2. The average molecular weight is 409 g/mol. The van der Waals surface area contributed by atoms with Crippen LogP contribution < -0.4 is 0 Å². The molecule has 0 saturated heterocycles. The van der Waals surface area contributed by atoms with Crippen LogP contribution in [0.3, 0.4) is 0 Å². The normalized spacial score (nSPS) is 20.6. The molecule has 0 fully saturated rings. The van der Waals surface area contributed by atoms with Crippen molar-refractivity contribution in [3.8, 4) is 0 Å². The van der Waals surface area contributed by atoms with Crippen LogP contribution >= 0.6 is 0 Å². The molecule has 1 N–H and O–H groups in total. The van der Waals surface area contributed by atoms with Gasteiger partial charge in [-0.3, -0.25) is 0 Å². The summed E-state index contributed by atoms with van der Waals surface area (Å²) in [5.74, 6) is 0.429. The number of rotatable bonds is 6. The number of carbonyl (C=O) groups excluding carboxylic acids is 1. The fourth-order valence-corrected chi connectivity index (χ4v) is 4.50. The van der Waals surface area contributed by atoms with Crippen molar-refractivity contribution in [1.29, 1.82) is 0 Å². The van der Waals surface area contributed by atoms with Crippen LogP contribution in [0.25, 0.3) is 0 Å². The van der Waals surface area contributed by atoms with Gasteiger partial charge < -0.3 is 9.84 Å². The first-order valence-electron chi connectivity index (χ1n) is 11.2. The van der Waals surface area contributed by atoms with Crippen molar-refractivity contribution in [1.82, 2.24) is 0 Å². The van der Waals surface area contributed by atoms with E-state index >= 15 is 0 Å². The van der Waals surface area contributed by atoms with Crippen molar-refractivity contribution in [2.24, 2.45) is 0 Å². The van der Waals surface area contributed by atoms with Gasteiger partial charge in [-0.25, -0.2) is 4.79 Å². The van der Waals surface area contributed by atoms with E-state index in [0.717, 1.165) is 17.5 Å². The third-order valence-electron chi connectivity index (χ3n) is 6.84. The average Bonchev–Trinajstić information content (AvgIpc) is 2.71. The molecule has 30 heavy (non-hydrogen) atoms. The Morgan fingerprint density at radius 2 is 1.60 bits per heavy atom. The van der Waals surface area contributed by atoms with Gasteiger partial charge in [-0.2, -0.15) is 0 Å². The number of hydrogen-bond donors (Lipinski definition) is 1. The molecule has 2 atom stereocenters. The van der Waals surface area contributed by atoms with E-state index in [1.165, 1.54) is 16.7 Å². The minimum Gasteiger partial charge on any atom is -0.459 e. The summed E-state index contributed by atoms with van der Waals surface area (Å²) in [6, 6.07) is 11.8. The maximum atomic E-state index is 12.3. The number of carbonyl (C=O) groups is 1. The zero-order valence-electron chi connectivity index (χ0n) is 19.7. The highest BCUT2D eigenvalue weighted by Gasteiger charge is 2.59. The summed E-state index contributed by atoms with van der Waals surface area (Å²) in [6.07, 6.45) is 0.674. The summed E-state index contributed by atoms with van der Waals surface area (Å²) in [4.78, 5) is 12.3. The molecule has 0 radical (unpaired) electrons. The maximum Gasteiger partial charge on any atom is 0.338 e. The number of esters is 1. The molecule has 2 aromatic carbocycles. The maximum absolute atomic E-state index is 12.3. The molecule has 162 valence electrons. The van der Waals surface area contributed by atoms with Gasteiger partial charge in [0.1, 0.15) is 5.60 Å². The van der Waals surface area contributed by atoms with E-state index in [1.54, 1.807) is 12.1 Å². The van der Waals surface area contributed by atoms with Crippen LogP contribution in [0.1, 0.15) is 112 Å². The quantitative estimate of drug-likeness (QED) is 0.561. The van der Waals surface area contributed by atoms with E-state index in [4.69, 9.17) is 4.74 Å². The Kier molecular flexibility index (Phi) is 5.90. The van der Waals surface area contributed by atoms with Crippen LogP contribution in [0.2, 0.25) is 0 Å². The number of ether oxygens (including phenoxy) is 1. The first kappa shape index (κ1) is 22.6. The number of hydrogen-bond acceptors (Lipinski definition) is 3. The smallest absolute Gasteiger partial charge is 0.338 e. The van der Waals surface area contributed by atoms with E-state index in [9.17, 15) is 9.90 Å². The molecule has 1 aliphatic rings. The molecule has 0 aromatic heterocycles. The minimum atomic E-state index is -1.09. The second-order valence-corrected chi connectivity index (χ2v) is 9.88. The van der Waals surface area contributed by atoms with Crippen LogP contribution in [0.5, 0.6) is 0 Å². The first-order chi connectivity index (χ1) is 13.9. The second kappa shape index (κ2) is 7.85. The monoisotopic (exact) mass is 408 g/mol. The minimum absolute atomic E-state index is 0.109. The molecule has 3 rings (SSSR count). The van der Waals surface area contributed by atoms with Crippen LogP contribution in [0.15, 0.2) is 36.4 Å². The van der Waals surface area contributed by atoms with E-state index in [1.807, 2.05) is 26.0 Å². The van der Waals surface area contributed by atoms with Gasteiger partial charge in [0.15, 0.2) is 0 Å². The molecule has 3 heteroatoms. The van der Waals surface area contributed by atoms with Gasteiger partial charge in [0.2, 0.25) is 0 Å². The largest absolute Gasteiger partial charge is 0.459 e. The molecule has 0 aliphatic heterocycles. The predicted octanol–water partition coefficient (Wildman–Crippen LogP) is 6.42. The van der Waals surface area contributed by atoms with E-state index < -0.39 is 11.0 Å². The van der Waals surface area contributed by atoms with Crippen molar-refractivity contribution in [3.05, 3.63) is 69.8 Å². The SMILES string of the molecule is CC[C@@H](C)OC(=O)c1ccc(C2(O)c3c(C(C)C)cc(C(C)C)cc3C2(C)C)cc1. The molecule has 1 unspecified atom stereocenters. The van der Waals surface area contributed by atoms with Crippen LogP contribution in [-0.4, -0.2) is 17.2 Å². The summed E-state index contributed by atoms with van der Waals surface area (Å²) in [6.45, 7) is 16.9. The molecule has 1 aliphatic carbocycles. The number of fused-ring (bicyclic) bond motifs is 1. The molecule has 3 nitrogen and oxygen atoms in total. The summed E-state index contributed by atoms with van der Waals surface area (Å²) in [7, 11) is 0. The van der Waals surface area contributed by atoms with Gasteiger partial charge in [-0.1, -0.05) is 72.7 Å². The lowest BCUT2D eigenvalue weighted by Gasteiger charge is -2.56. The predicted molar refractivity (Wildman–Crippen MR) is 122 cm³/mol. The molecular formula is C27H36O3. The fraction of sp³-hybridized carbons (Fsp3) is 0.519. The number of aliphatic hydroxyl groups is 1. The molecule has 0 heterocycles. The molecule has 0 bridgehead atoms. The Hall–Kier alpha value is -2.13. The third kappa shape index (κ3) is 3.37. The van der Waals surface area contributed by atoms with Crippen molar-refractivity contribution in [3.63, 3.8) is 0 Å². The molecular weight excluding hydrogens is 372 g/mol. The van der Waals surface area contributed by atoms with Crippen LogP contribution in [0.4, 0.5) is 0 Å². The highest BCUT2D eigenvalue weighted by molar-refractivity contribution is 5.89. The fourth-order valence-electron chi connectivity index (χ4n) is 4.50. The first-order valence-corrected chi connectivity index (χ1v) is 11.2. The lowest BCUT2D eigenvalue weighted by molar-refractivity contribution is -0.0255. The second-order valence-electron chi connectivity index (χ2n) is 9.88. The van der Waals surface area contributed by atoms with Crippen LogP contribution in [0, 0.1) is 0 Å². The van der Waals surface area contributed by atoms with Gasteiger partial charge in [0.05, 0.1) is 11.7 Å². The standard InChI is InChI=1S/C27H36O3/c1-9-18(6)30-25(28)19-10-12-21(13-11-19)27(29)24-22(17(4)5)14-20(16(2)3)15-23(24)26(27,7)8/h10-18,29H,9H2,1-8H3/t18-,27?/m1/s1. The van der Waals surface area contributed by atoms with Gasteiger partial charge in [-0.15, -0.1) is 0 Å².